The molecular weight excluding hydrogens is 127 g/mol. The zero-order valence-corrected chi connectivity index (χ0v) is 5.39. The van der Waals surface area contributed by atoms with Crippen molar-refractivity contribution in [1.82, 2.24) is 0 Å². The third-order valence-electron chi connectivity index (χ3n) is 0. The van der Waals surface area contributed by atoms with Crippen LogP contribution in [0.1, 0.15) is 0 Å². The SMILES string of the molecule is O=[N+]([O-])O.[Zn+2]. The molecule has 0 saturated heterocycles. The van der Waals surface area contributed by atoms with Crippen molar-refractivity contribution in [3.63, 3.8) is 0 Å². The molecule has 0 aromatic heterocycles. The van der Waals surface area contributed by atoms with Crippen molar-refractivity contribution >= 4 is 0 Å². The summed E-state index contributed by atoms with van der Waals surface area (Å²) in [4.78, 5) is 8.36. The second-order valence-electron chi connectivity index (χ2n) is 0.238. The van der Waals surface area contributed by atoms with Crippen LogP contribution in [0.15, 0.2) is 0 Å². The summed E-state index contributed by atoms with van der Waals surface area (Å²) in [6.07, 6.45) is 0. The third kappa shape index (κ3) is 407. The van der Waals surface area contributed by atoms with Gasteiger partial charge in [0.25, 0.3) is 5.09 Å². The van der Waals surface area contributed by atoms with Crippen LogP contribution in [0.3, 0.4) is 0 Å². The second-order valence-corrected chi connectivity index (χ2v) is 0.238. The molecule has 0 fully saturated rings. The predicted molar refractivity (Wildman–Crippen MR) is 8.78 cm³/mol. The van der Waals surface area contributed by atoms with E-state index in [0.29, 0.717) is 0 Å². The van der Waals surface area contributed by atoms with E-state index in [2.05, 4.69) is 0 Å². The summed E-state index contributed by atoms with van der Waals surface area (Å²) in [7, 11) is 0. The van der Waals surface area contributed by atoms with E-state index in [9.17, 15) is 0 Å². The molecule has 0 amide bonds. The van der Waals surface area contributed by atoms with Gasteiger partial charge in [0.1, 0.15) is 0 Å². The topological polar surface area (TPSA) is 63.4 Å². The van der Waals surface area contributed by atoms with Gasteiger partial charge in [-0.05, 0) is 0 Å². The zero-order valence-electron chi connectivity index (χ0n) is 2.42. The van der Waals surface area contributed by atoms with Gasteiger partial charge in [-0.1, -0.05) is 0 Å². The van der Waals surface area contributed by atoms with Crippen LogP contribution in [0.25, 0.3) is 0 Å². The molecule has 1 N–H and O–H groups in total. The maximum absolute atomic E-state index is 8.36. The molecule has 0 heterocycles. The smallest absolute Gasteiger partial charge is 0.328 e. The Hall–Kier alpha value is -0.177. The Kier molecular flexibility index (Phi) is 6.76. The van der Waals surface area contributed by atoms with Gasteiger partial charge in [0, 0.05) is 0 Å². The molecule has 0 atom stereocenters. The van der Waals surface area contributed by atoms with E-state index in [1.165, 1.54) is 0 Å². The average Bonchev–Trinajstić information content (AvgIpc) is 0.811. The molecule has 0 saturated carbocycles. The molecule has 5 heteroatoms. The Morgan fingerprint density at radius 3 is 1.80 bits per heavy atom. The fourth-order valence-electron chi connectivity index (χ4n) is 0. The molecule has 0 spiro atoms. The third-order valence-corrected chi connectivity index (χ3v) is 0. The van der Waals surface area contributed by atoms with Gasteiger partial charge in [-0.15, -0.1) is 10.1 Å². The first-order chi connectivity index (χ1) is 1.73. The van der Waals surface area contributed by atoms with Gasteiger partial charge < -0.3 is 5.21 Å². The summed E-state index contributed by atoms with van der Waals surface area (Å²) in [6, 6.07) is 0. The minimum absolute atomic E-state index is 0. The van der Waals surface area contributed by atoms with Gasteiger partial charge in [-0.2, -0.15) is 0 Å². The number of hydrogen-bond donors (Lipinski definition) is 1. The first kappa shape index (κ1) is 8.85. The maximum Gasteiger partial charge on any atom is 2.00 e. The van der Waals surface area contributed by atoms with Crippen LogP contribution in [0.4, 0.5) is 0 Å². The van der Waals surface area contributed by atoms with E-state index in [-0.39, 0.29) is 19.5 Å². The van der Waals surface area contributed by atoms with Crippen molar-refractivity contribution in [2.45, 2.75) is 0 Å². The minimum Gasteiger partial charge on any atom is -0.328 e. The van der Waals surface area contributed by atoms with Crippen LogP contribution in [0.2, 0.25) is 0 Å². The minimum atomic E-state index is -1.50. The monoisotopic (exact) mass is 127 g/mol. The summed E-state index contributed by atoms with van der Waals surface area (Å²) in [6.45, 7) is 0. The van der Waals surface area contributed by atoms with Crippen LogP contribution in [-0.4, -0.2) is 10.3 Å². The van der Waals surface area contributed by atoms with Crippen LogP contribution >= 0.6 is 0 Å². The molecule has 4 nitrogen and oxygen atoms in total. The number of rotatable bonds is 0. The van der Waals surface area contributed by atoms with Gasteiger partial charge in [-0.25, -0.2) is 0 Å². The van der Waals surface area contributed by atoms with E-state index < -0.39 is 5.09 Å². The quantitative estimate of drug-likeness (QED) is 0.276. The van der Waals surface area contributed by atoms with Crippen molar-refractivity contribution in [3.8, 4) is 0 Å². The molecule has 0 aliphatic carbocycles. The van der Waals surface area contributed by atoms with Gasteiger partial charge in [0.05, 0.1) is 0 Å². The maximum atomic E-state index is 8.36. The van der Waals surface area contributed by atoms with Gasteiger partial charge in [0.15, 0.2) is 0 Å². The van der Waals surface area contributed by atoms with Crippen molar-refractivity contribution in [3.05, 3.63) is 10.1 Å². The normalized spacial score (nSPS) is 4.80. The molecule has 0 rings (SSSR count). The summed E-state index contributed by atoms with van der Waals surface area (Å²) >= 11 is 0. The Morgan fingerprint density at radius 1 is 1.80 bits per heavy atom. The second kappa shape index (κ2) is 3.82. The summed E-state index contributed by atoms with van der Waals surface area (Å²) < 4.78 is 0. The average molecular weight is 128 g/mol. The fraction of sp³-hybridized carbons (Fsp3) is 0. The Morgan fingerprint density at radius 2 is 1.80 bits per heavy atom. The summed E-state index contributed by atoms with van der Waals surface area (Å²) in [5, 5.41) is 13.6. The van der Waals surface area contributed by atoms with E-state index in [4.69, 9.17) is 15.3 Å². The number of nitrogens with zero attached hydrogens (tertiary/aromatic N) is 1. The largest absolute Gasteiger partial charge is 2.00 e. The van der Waals surface area contributed by atoms with Crippen LogP contribution in [0, 0.1) is 10.1 Å². The molecular formula is HNO3Zn+2. The fourth-order valence-corrected chi connectivity index (χ4v) is 0. The Balaban J connectivity index is 0. The molecule has 0 bridgehead atoms. The molecule has 5 heavy (non-hydrogen) atoms. The summed E-state index contributed by atoms with van der Waals surface area (Å²) in [5.74, 6) is 0. The summed E-state index contributed by atoms with van der Waals surface area (Å²) in [5.41, 5.74) is 0. The van der Waals surface area contributed by atoms with Gasteiger partial charge in [-0.3, -0.25) is 0 Å². The van der Waals surface area contributed by atoms with Gasteiger partial charge in [0.2, 0.25) is 0 Å². The standard InChI is InChI=1S/HNO3.Zn/c2-1(3)4;/h(H,2,3,4);/q;+2. The van der Waals surface area contributed by atoms with Crippen molar-refractivity contribution in [2.75, 3.05) is 0 Å². The Labute approximate surface area is 40.7 Å². The molecule has 24 valence electrons. The van der Waals surface area contributed by atoms with E-state index in [1.807, 2.05) is 0 Å². The van der Waals surface area contributed by atoms with Crippen LogP contribution in [0.5, 0.6) is 0 Å². The van der Waals surface area contributed by atoms with Crippen molar-refractivity contribution in [1.29, 1.82) is 0 Å². The van der Waals surface area contributed by atoms with Crippen LogP contribution < -0.4 is 0 Å². The molecule has 0 radical (unpaired) electrons. The molecule has 0 unspecified atom stereocenters. The van der Waals surface area contributed by atoms with Crippen LogP contribution in [-0.2, 0) is 19.5 Å². The zero-order chi connectivity index (χ0) is 3.58. The Bertz CT molecular complexity index is 29.9. The van der Waals surface area contributed by atoms with Crippen molar-refractivity contribution in [2.24, 2.45) is 0 Å². The molecule has 0 aliphatic rings. The predicted octanol–water partition coefficient (Wildman–Crippen LogP) is -0.350. The van der Waals surface area contributed by atoms with Gasteiger partial charge >= 0.3 is 19.5 Å². The van der Waals surface area contributed by atoms with E-state index >= 15 is 0 Å². The van der Waals surface area contributed by atoms with E-state index in [1.54, 1.807) is 0 Å². The van der Waals surface area contributed by atoms with Crippen molar-refractivity contribution < 1.29 is 29.8 Å². The number of hydrogen-bond acceptors (Lipinski definition) is 2. The molecule has 0 aliphatic heterocycles. The van der Waals surface area contributed by atoms with E-state index in [0.717, 1.165) is 0 Å². The molecule has 0 aromatic rings. The first-order valence-corrected chi connectivity index (χ1v) is 0.565. The first-order valence-electron chi connectivity index (χ1n) is 0.565. The molecule has 0 aromatic carbocycles.